The monoisotopic (exact) mass is 330 g/mol. The van der Waals surface area contributed by atoms with Crippen molar-refractivity contribution in [3.8, 4) is 0 Å². The van der Waals surface area contributed by atoms with E-state index in [0.717, 1.165) is 36.5 Å². The first-order valence-corrected chi connectivity index (χ1v) is 10.3. The minimum Gasteiger partial charge on any atom is -0.494 e. The summed E-state index contributed by atoms with van der Waals surface area (Å²) in [4.78, 5) is 0. The average molecular weight is 331 g/mol. The van der Waals surface area contributed by atoms with Gasteiger partial charge in [0.15, 0.2) is 0 Å². The molecule has 1 heteroatoms. The first kappa shape index (κ1) is 19.3. The van der Waals surface area contributed by atoms with Crippen molar-refractivity contribution in [1.82, 2.24) is 0 Å². The average Bonchev–Trinajstić information content (AvgIpc) is 2.64. The minimum atomic E-state index is 0.670. The molecule has 2 rings (SSSR count). The lowest BCUT2D eigenvalue weighted by molar-refractivity contribution is 0.153. The smallest absolute Gasteiger partial charge is 0.112 e. The van der Waals surface area contributed by atoms with Gasteiger partial charge in [0.1, 0.15) is 5.76 Å². The van der Waals surface area contributed by atoms with E-state index in [-0.39, 0.29) is 0 Å². The molecule has 0 aromatic carbocycles. The zero-order valence-electron chi connectivity index (χ0n) is 16.1. The standard InChI is InChI=1S/C23H38O/c1-5-17-24-19(4)8-7-18(3)21-13-15-23(16-14-21)22-11-9-20(6-2)10-12-22/h7-8,20-23H,3-6,9-17H2,1-2H3/b8-7-. The summed E-state index contributed by atoms with van der Waals surface area (Å²) in [6, 6.07) is 0. The molecule has 0 spiro atoms. The van der Waals surface area contributed by atoms with Crippen molar-refractivity contribution < 1.29 is 4.74 Å². The maximum Gasteiger partial charge on any atom is 0.112 e. The molecular weight excluding hydrogens is 292 g/mol. The van der Waals surface area contributed by atoms with Gasteiger partial charge in [0, 0.05) is 0 Å². The first-order valence-electron chi connectivity index (χ1n) is 10.3. The van der Waals surface area contributed by atoms with Gasteiger partial charge in [-0.3, -0.25) is 0 Å². The number of ether oxygens (including phenoxy) is 1. The second kappa shape index (κ2) is 10.1. The fraction of sp³-hybridized carbons (Fsp3) is 0.739. The Kier molecular flexibility index (Phi) is 8.15. The molecule has 0 bridgehead atoms. The van der Waals surface area contributed by atoms with Crippen LogP contribution in [0.25, 0.3) is 0 Å². The van der Waals surface area contributed by atoms with Crippen LogP contribution in [-0.2, 0) is 4.74 Å². The molecule has 2 aliphatic carbocycles. The van der Waals surface area contributed by atoms with Crippen molar-refractivity contribution >= 4 is 0 Å². The second-order valence-corrected chi connectivity index (χ2v) is 8.02. The largest absolute Gasteiger partial charge is 0.494 e. The molecule has 0 atom stereocenters. The van der Waals surface area contributed by atoms with Crippen LogP contribution < -0.4 is 0 Å². The van der Waals surface area contributed by atoms with Crippen LogP contribution >= 0.6 is 0 Å². The number of hydrogen-bond acceptors (Lipinski definition) is 1. The molecule has 24 heavy (non-hydrogen) atoms. The van der Waals surface area contributed by atoms with Crippen LogP contribution in [0.15, 0.2) is 36.6 Å². The van der Waals surface area contributed by atoms with Crippen LogP contribution in [-0.4, -0.2) is 6.61 Å². The van der Waals surface area contributed by atoms with Crippen LogP contribution in [0, 0.1) is 23.7 Å². The molecule has 0 amide bonds. The van der Waals surface area contributed by atoms with Gasteiger partial charge in [-0.1, -0.05) is 57.9 Å². The van der Waals surface area contributed by atoms with Crippen molar-refractivity contribution in [3.63, 3.8) is 0 Å². The van der Waals surface area contributed by atoms with E-state index >= 15 is 0 Å². The molecule has 0 aliphatic heterocycles. The topological polar surface area (TPSA) is 9.23 Å². The first-order chi connectivity index (χ1) is 11.6. The van der Waals surface area contributed by atoms with Crippen molar-refractivity contribution in [1.29, 1.82) is 0 Å². The second-order valence-electron chi connectivity index (χ2n) is 8.02. The Balaban J connectivity index is 1.71. The van der Waals surface area contributed by atoms with E-state index in [1.807, 2.05) is 6.08 Å². The van der Waals surface area contributed by atoms with E-state index in [0.29, 0.717) is 5.92 Å². The van der Waals surface area contributed by atoms with Gasteiger partial charge in [-0.05, 0) is 74.7 Å². The fourth-order valence-corrected chi connectivity index (χ4v) is 4.65. The van der Waals surface area contributed by atoms with Gasteiger partial charge in [-0.25, -0.2) is 0 Å². The molecule has 0 radical (unpaired) electrons. The van der Waals surface area contributed by atoms with E-state index in [9.17, 15) is 0 Å². The number of rotatable bonds is 8. The molecule has 1 nitrogen and oxygen atoms in total. The highest BCUT2D eigenvalue weighted by atomic mass is 16.5. The van der Waals surface area contributed by atoms with Crippen LogP contribution in [0.1, 0.15) is 78.1 Å². The molecule has 2 saturated carbocycles. The lowest BCUT2D eigenvalue weighted by Gasteiger charge is -2.38. The zero-order chi connectivity index (χ0) is 17.4. The fourth-order valence-electron chi connectivity index (χ4n) is 4.65. The van der Waals surface area contributed by atoms with Crippen LogP contribution in [0.5, 0.6) is 0 Å². The number of allylic oxidation sites excluding steroid dienone is 3. The van der Waals surface area contributed by atoms with Gasteiger partial charge < -0.3 is 4.74 Å². The summed E-state index contributed by atoms with van der Waals surface area (Å²) in [5, 5.41) is 0. The molecule has 0 heterocycles. The molecule has 0 aromatic rings. The maximum atomic E-state index is 5.52. The Bertz CT molecular complexity index is 417. The van der Waals surface area contributed by atoms with Gasteiger partial charge in [-0.2, -0.15) is 0 Å². The van der Waals surface area contributed by atoms with E-state index in [4.69, 9.17) is 4.74 Å². The highest BCUT2D eigenvalue weighted by Gasteiger charge is 2.30. The summed E-state index contributed by atoms with van der Waals surface area (Å²) >= 11 is 0. The molecule has 0 N–H and O–H groups in total. The van der Waals surface area contributed by atoms with E-state index in [1.165, 1.54) is 63.4 Å². The summed E-state index contributed by atoms with van der Waals surface area (Å²) in [6.45, 7) is 13.5. The van der Waals surface area contributed by atoms with Gasteiger partial charge in [0.25, 0.3) is 0 Å². The summed E-state index contributed by atoms with van der Waals surface area (Å²) in [5.41, 5.74) is 1.27. The van der Waals surface area contributed by atoms with Gasteiger partial charge in [0.05, 0.1) is 6.61 Å². The highest BCUT2D eigenvalue weighted by Crippen LogP contribution is 2.43. The summed E-state index contributed by atoms with van der Waals surface area (Å²) in [7, 11) is 0. The summed E-state index contributed by atoms with van der Waals surface area (Å²) in [5.74, 6) is 4.45. The zero-order valence-corrected chi connectivity index (χ0v) is 16.1. The predicted octanol–water partition coefficient (Wildman–Crippen LogP) is 7.06. The van der Waals surface area contributed by atoms with Gasteiger partial charge in [-0.15, -0.1) is 0 Å². The molecule has 0 aromatic heterocycles. The Morgan fingerprint density at radius 1 is 0.875 bits per heavy atom. The van der Waals surface area contributed by atoms with E-state index in [1.54, 1.807) is 0 Å². The van der Waals surface area contributed by atoms with Gasteiger partial charge >= 0.3 is 0 Å². The maximum absolute atomic E-state index is 5.52. The van der Waals surface area contributed by atoms with Crippen LogP contribution in [0.2, 0.25) is 0 Å². The van der Waals surface area contributed by atoms with Crippen LogP contribution in [0.4, 0.5) is 0 Å². The third-order valence-electron chi connectivity index (χ3n) is 6.41. The van der Waals surface area contributed by atoms with Crippen molar-refractivity contribution in [2.24, 2.45) is 23.7 Å². The normalized spacial score (nSPS) is 31.1. The predicted molar refractivity (Wildman–Crippen MR) is 105 cm³/mol. The SMILES string of the molecule is C=C(/C=C\C(=C)C1CCC(C2CCC(CC)CC2)CC1)OCCC. The summed E-state index contributed by atoms with van der Waals surface area (Å²) in [6.07, 6.45) is 18.0. The van der Waals surface area contributed by atoms with Crippen molar-refractivity contribution in [2.75, 3.05) is 6.61 Å². The molecule has 2 aliphatic rings. The third kappa shape index (κ3) is 5.83. The van der Waals surface area contributed by atoms with Gasteiger partial charge in [0.2, 0.25) is 0 Å². The summed E-state index contributed by atoms with van der Waals surface area (Å²) < 4.78 is 5.52. The van der Waals surface area contributed by atoms with Crippen LogP contribution in [0.3, 0.4) is 0 Å². The Hall–Kier alpha value is -0.980. The Labute approximate surface area is 150 Å². The van der Waals surface area contributed by atoms with Crippen molar-refractivity contribution in [3.05, 3.63) is 36.6 Å². The quantitative estimate of drug-likeness (QED) is 0.342. The lowest BCUT2D eigenvalue weighted by atomic mass is 9.68. The third-order valence-corrected chi connectivity index (χ3v) is 6.41. The molecule has 2 fully saturated rings. The molecule has 0 unspecified atom stereocenters. The Morgan fingerprint density at radius 3 is 2.00 bits per heavy atom. The van der Waals surface area contributed by atoms with E-state index in [2.05, 4.69) is 33.1 Å². The van der Waals surface area contributed by atoms with E-state index < -0.39 is 0 Å². The lowest BCUT2D eigenvalue weighted by Crippen LogP contribution is -2.26. The highest BCUT2D eigenvalue weighted by molar-refractivity contribution is 5.23. The Morgan fingerprint density at radius 2 is 1.46 bits per heavy atom. The minimum absolute atomic E-state index is 0.670. The number of hydrogen-bond donors (Lipinski definition) is 0. The van der Waals surface area contributed by atoms with Crippen molar-refractivity contribution in [2.45, 2.75) is 78.1 Å². The molecule has 0 saturated heterocycles. The molecular formula is C23H38O. The molecule has 136 valence electrons.